The molecule has 0 amide bonds. The van der Waals surface area contributed by atoms with Crippen molar-refractivity contribution in [2.75, 3.05) is 0 Å². The van der Waals surface area contributed by atoms with Crippen molar-refractivity contribution >= 4 is 33.0 Å². The van der Waals surface area contributed by atoms with Gasteiger partial charge in [-0.1, -0.05) is 0 Å². The number of nitrogens with zero attached hydrogens (tertiary/aromatic N) is 1. The van der Waals surface area contributed by atoms with Crippen molar-refractivity contribution in [2.45, 2.75) is 5.51 Å². The first-order valence-corrected chi connectivity index (χ1v) is 6.74. The fraction of sp³-hybridized carbons (Fsp3) is 0.100. The zero-order valence-corrected chi connectivity index (χ0v) is 11.3. The van der Waals surface area contributed by atoms with Gasteiger partial charge >= 0.3 is 27.6 Å². The van der Waals surface area contributed by atoms with Gasteiger partial charge in [-0.2, -0.15) is 21.6 Å². The van der Waals surface area contributed by atoms with Crippen molar-refractivity contribution in [2.24, 2.45) is 0 Å². The number of hydrogen-bond donors (Lipinski definition) is 2. The summed E-state index contributed by atoms with van der Waals surface area (Å²) in [5, 5.41) is 17.1. The zero-order valence-electron chi connectivity index (χ0n) is 10.5. The van der Waals surface area contributed by atoms with E-state index < -0.39 is 55.6 Å². The van der Waals surface area contributed by atoms with Crippen molar-refractivity contribution < 1.29 is 50.0 Å². The Kier molecular flexibility index (Phi) is 3.68. The predicted molar refractivity (Wildman–Crippen MR) is 63.5 cm³/mol. The number of carboxylic acid groups (broad SMARTS) is 2. The monoisotopic (exact) mass is 355 g/mol. The Morgan fingerprint density at radius 3 is 2.26 bits per heavy atom. The van der Waals surface area contributed by atoms with Gasteiger partial charge in [-0.25, -0.2) is 9.59 Å². The second-order valence-corrected chi connectivity index (χ2v) is 5.46. The lowest BCUT2D eigenvalue weighted by Crippen LogP contribution is -2.28. The van der Waals surface area contributed by atoms with Gasteiger partial charge in [-0.3, -0.25) is 4.98 Å². The minimum Gasteiger partial charge on any atom is -0.477 e. The molecule has 0 aliphatic heterocycles. The number of aromatic nitrogens is 1. The van der Waals surface area contributed by atoms with E-state index in [9.17, 15) is 31.2 Å². The Bertz CT molecular complexity index is 914. The number of furan rings is 1. The highest BCUT2D eigenvalue weighted by atomic mass is 32.2. The molecule has 0 aliphatic rings. The Morgan fingerprint density at radius 1 is 1.17 bits per heavy atom. The first-order valence-electron chi connectivity index (χ1n) is 5.33. The van der Waals surface area contributed by atoms with Crippen molar-refractivity contribution in [1.82, 2.24) is 4.98 Å². The Balaban J connectivity index is 2.77. The van der Waals surface area contributed by atoms with Crippen molar-refractivity contribution in [3.05, 3.63) is 23.7 Å². The molecular weight excluding hydrogens is 351 g/mol. The van der Waals surface area contributed by atoms with Crippen LogP contribution in [-0.2, 0) is 10.1 Å². The van der Waals surface area contributed by atoms with E-state index in [1.54, 1.807) is 0 Å². The fourth-order valence-electron chi connectivity index (χ4n) is 1.52. The highest BCUT2D eigenvalue weighted by Crippen LogP contribution is 2.37. The Morgan fingerprint density at radius 2 is 1.78 bits per heavy atom. The normalized spacial score (nSPS) is 12.3. The summed E-state index contributed by atoms with van der Waals surface area (Å²) in [7, 11) is -6.20. The Hall–Kier alpha value is -2.83. The van der Waals surface area contributed by atoms with Crippen molar-refractivity contribution in [1.29, 1.82) is 0 Å². The van der Waals surface area contributed by atoms with Crippen LogP contribution in [-0.4, -0.2) is 41.1 Å². The number of pyridine rings is 1. The molecule has 23 heavy (non-hydrogen) atoms. The molecule has 9 nitrogen and oxygen atoms in total. The van der Waals surface area contributed by atoms with Crippen LogP contribution >= 0.6 is 0 Å². The van der Waals surface area contributed by atoms with Crippen LogP contribution in [0.1, 0.15) is 20.9 Å². The molecule has 2 aromatic heterocycles. The number of carbonyl (C=O) groups is 2. The molecule has 2 heterocycles. The lowest BCUT2D eigenvalue weighted by Gasteiger charge is -2.08. The van der Waals surface area contributed by atoms with Crippen LogP contribution in [0.3, 0.4) is 0 Å². The molecule has 2 N–H and O–H groups in total. The van der Waals surface area contributed by atoms with E-state index in [1.165, 1.54) is 0 Å². The molecule has 0 fully saturated rings. The smallest absolute Gasteiger partial charge is 0.477 e. The molecular formula is C10H4F3NO8S. The topological polar surface area (TPSA) is 144 Å². The third-order valence-electron chi connectivity index (χ3n) is 2.45. The molecule has 2 aromatic rings. The van der Waals surface area contributed by atoms with Gasteiger partial charge in [0.15, 0.2) is 5.58 Å². The number of alkyl halides is 3. The number of fused-ring (bicyclic) bond motifs is 1. The maximum atomic E-state index is 12.4. The number of carboxylic acids is 2. The number of rotatable bonds is 4. The van der Waals surface area contributed by atoms with Gasteiger partial charge in [0.1, 0.15) is 5.56 Å². The van der Waals surface area contributed by atoms with Crippen molar-refractivity contribution in [3.63, 3.8) is 0 Å². The number of halogens is 3. The lowest BCUT2D eigenvalue weighted by atomic mass is 10.2. The average molecular weight is 355 g/mol. The van der Waals surface area contributed by atoms with Gasteiger partial charge in [-0.05, 0) is 0 Å². The molecule has 0 atom stereocenters. The van der Waals surface area contributed by atoms with Crippen LogP contribution in [0.4, 0.5) is 13.2 Å². The summed E-state index contributed by atoms with van der Waals surface area (Å²) in [5.41, 5.74) is -7.22. The molecule has 0 aromatic carbocycles. The highest BCUT2D eigenvalue weighted by Gasteiger charge is 2.49. The summed E-state index contributed by atoms with van der Waals surface area (Å²) in [6, 6.07) is 0. The molecule has 13 heteroatoms. The van der Waals surface area contributed by atoms with E-state index in [1.807, 2.05) is 0 Å². The minimum absolute atomic E-state index is 0.657. The molecule has 2 rings (SSSR count). The van der Waals surface area contributed by atoms with Crippen LogP contribution in [0.5, 0.6) is 5.75 Å². The van der Waals surface area contributed by atoms with Gasteiger partial charge < -0.3 is 18.8 Å². The second kappa shape index (κ2) is 5.12. The SMILES string of the molecule is O=C(O)c1oc2c(C(=O)O)cncc2c1OS(=O)(=O)C(F)(F)F. The molecule has 0 radical (unpaired) electrons. The van der Waals surface area contributed by atoms with Crippen LogP contribution in [0.15, 0.2) is 16.8 Å². The van der Waals surface area contributed by atoms with E-state index in [4.69, 9.17) is 10.2 Å². The maximum Gasteiger partial charge on any atom is 0.534 e. The highest BCUT2D eigenvalue weighted by molar-refractivity contribution is 7.88. The lowest BCUT2D eigenvalue weighted by molar-refractivity contribution is -0.0500. The van der Waals surface area contributed by atoms with E-state index in [0.29, 0.717) is 6.20 Å². The molecule has 0 aliphatic carbocycles. The van der Waals surface area contributed by atoms with Gasteiger partial charge in [-0.15, -0.1) is 0 Å². The first-order chi connectivity index (χ1) is 10.5. The average Bonchev–Trinajstić information content (AvgIpc) is 2.75. The zero-order chi connectivity index (χ0) is 17.6. The molecule has 0 spiro atoms. The fourth-order valence-corrected chi connectivity index (χ4v) is 2.00. The Labute approximate surface area is 124 Å². The maximum absolute atomic E-state index is 12.4. The molecule has 124 valence electrons. The quantitative estimate of drug-likeness (QED) is 0.615. The summed E-state index contributed by atoms with van der Waals surface area (Å²) in [4.78, 5) is 25.3. The summed E-state index contributed by atoms with van der Waals surface area (Å²) >= 11 is 0. The van der Waals surface area contributed by atoms with E-state index >= 15 is 0 Å². The first kappa shape index (κ1) is 16.5. The number of hydrogen-bond acceptors (Lipinski definition) is 7. The van der Waals surface area contributed by atoms with Gasteiger partial charge in [0.05, 0.1) is 5.39 Å². The third-order valence-corrected chi connectivity index (χ3v) is 3.41. The van der Waals surface area contributed by atoms with Crippen molar-refractivity contribution in [3.8, 4) is 5.75 Å². The van der Waals surface area contributed by atoms with Gasteiger partial charge in [0.2, 0.25) is 5.75 Å². The standard InChI is InChI=1S/C10H4F3NO8S/c11-10(12,13)23(19,20)22-6-3-1-14-2-4(8(15)16)5(3)21-7(6)9(17)18/h1-2H,(H,15,16)(H,17,18). The minimum atomic E-state index is -6.20. The molecule has 0 bridgehead atoms. The van der Waals surface area contributed by atoms with Crippen LogP contribution in [0.2, 0.25) is 0 Å². The van der Waals surface area contributed by atoms with E-state index in [-0.39, 0.29) is 0 Å². The summed E-state index contributed by atoms with van der Waals surface area (Å²) in [5.74, 6) is -6.23. The van der Waals surface area contributed by atoms with Crippen LogP contribution in [0.25, 0.3) is 11.0 Å². The summed E-state index contributed by atoms with van der Waals surface area (Å²) in [6.07, 6.45) is 1.45. The molecule has 0 saturated heterocycles. The number of aromatic carboxylic acids is 2. The van der Waals surface area contributed by atoms with E-state index in [0.717, 1.165) is 6.20 Å². The van der Waals surface area contributed by atoms with Gasteiger partial charge in [0, 0.05) is 12.4 Å². The molecule has 0 unspecified atom stereocenters. The molecule has 0 saturated carbocycles. The van der Waals surface area contributed by atoms with Crippen LogP contribution < -0.4 is 4.18 Å². The second-order valence-electron chi connectivity index (χ2n) is 3.92. The van der Waals surface area contributed by atoms with E-state index in [2.05, 4.69) is 13.6 Å². The third kappa shape index (κ3) is 2.77. The predicted octanol–water partition coefficient (Wildman–Crippen LogP) is 1.45. The van der Waals surface area contributed by atoms with Gasteiger partial charge in [0.25, 0.3) is 5.76 Å². The summed E-state index contributed by atoms with van der Waals surface area (Å²) in [6.45, 7) is 0. The largest absolute Gasteiger partial charge is 0.534 e. The van der Waals surface area contributed by atoms with Crippen LogP contribution in [0, 0.1) is 0 Å². The summed E-state index contributed by atoms with van der Waals surface area (Å²) < 4.78 is 67.6.